The lowest BCUT2D eigenvalue weighted by molar-refractivity contribution is 0.0978. The Morgan fingerprint density at radius 1 is 1.32 bits per heavy atom. The minimum absolute atomic E-state index is 0.0293. The van der Waals surface area contributed by atoms with Crippen molar-refractivity contribution in [2.45, 2.75) is 4.90 Å². The zero-order valence-corrected chi connectivity index (χ0v) is 14.9. The van der Waals surface area contributed by atoms with Gasteiger partial charge in [-0.15, -0.1) is 0 Å². The van der Waals surface area contributed by atoms with Crippen LogP contribution in [0.1, 0.15) is 10.4 Å². The standard InChI is InChI=1S/C12H13Cl2N3O3S2/c1-17(2)22(19,20)10-5-7(8(13)6-9(10)14)11(18)16-12-15-3-4-21-12/h5-6H,3-4H2,1-2H3,(H,15,16,18). The van der Waals surface area contributed by atoms with Crippen LogP contribution in [-0.2, 0) is 10.0 Å². The van der Waals surface area contributed by atoms with Gasteiger partial charge in [-0.05, 0) is 12.1 Å². The SMILES string of the molecule is CN(C)S(=O)(=O)c1cc(C(=O)NC2=NCCS2)c(Cl)cc1Cl. The molecular formula is C12H13Cl2N3O3S2. The van der Waals surface area contributed by atoms with E-state index >= 15 is 0 Å². The maximum Gasteiger partial charge on any atom is 0.258 e. The molecule has 0 aliphatic carbocycles. The summed E-state index contributed by atoms with van der Waals surface area (Å²) in [5, 5.41) is 3.13. The average Bonchev–Trinajstić information content (AvgIpc) is 2.90. The molecule has 22 heavy (non-hydrogen) atoms. The number of benzene rings is 1. The van der Waals surface area contributed by atoms with E-state index in [1.807, 2.05) is 0 Å². The van der Waals surface area contributed by atoms with Crippen LogP contribution >= 0.6 is 35.0 Å². The van der Waals surface area contributed by atoms with Crippen LogP contribution in [-0.4, -0.2) is 50.2 Å². The van der Waals surface area contributed by atoms with Crippen LogP contribution < -0.4 is 5.32 Å². The van der Waals surface area contributed by atoms with Crippen molar-refractivity contribution in [2.24, 2.45) is 4.99 Å². The van der Waals surface area contributed by atoms with Crippen molar-refractivity contribution in [3.8, 4) is 0 Å². The van der Waals surface area contributed by atoms with Crippen molar-refractivity contribution >= 4 is 56.1 Å². The Morgan fingerprint density at radius 3 is 2.55 bits per heavy atom. The topological polar surface area (TPSA) is 78.8 Å². The summed E-state index contributed by atoms with van der Waals surface area (Å²) < 4.78 is 25.5. The number of aliphatic imine (C=N–C) groups is 1. The van der Waals surface area contributed by atoms with Gasteiger partial charge < -0.3 is 5.32 Å². The number of amides is 1. The van der Waals surface area contributed by atoms with Gasteiger partial charge in [0, 0.05) is 19.8 Å². The maximum absolute atomic E-state index is 12.2. The first-order valence-corrected chi connectivity index (χ1v) is 9.32. The van der Waals surface area contributed by atoms with Crippen molar-refractivity contribution < 1.29 is 13.2 Å². The summed E-state index contributed by atoms with van der Waals surface area (Å²) in [5.41, 5.74) is 0.0293. The van der Waals surface area contributed by atoms with Crippen molar-refractivity contribution in [3.05, 3.63) is 27.7 Å². The second-order valence-corrected chi connectivity index (χ2v) is 8.56. The van der Waals surface area contributed by atoms with Gasteiger partial charge in [-0.25, -0.2) is 12.7 Å². The van der Waals surface area contributed by atoms with E-state index in [4.69, 9.17) is 23.2 Å². The number of hydrogen-bond acceptors (Lipinski definition) is 5. The minimum Gasteiger partial charge on any atom is -0.301 e. The Labute approximate surface area is 142 Å². The van der Waals surface area contributed by atoms with E-state index in [-0.39, 0.29) is 20.5 Å². The Bertz CT molecular complexity index is 748. The molecule has 1 aromatic rings. The number of carbonyl (C=O) groups is 1. The van der Waals surface area contributed by atoms with E-state index < -0.39 is 15.9 Å². The van der Waals surface area contributed by atoms with E-state index in [1.54, 1.807) is 0 Å². The number of carbonyl (C=O) groups excluding carboxylic acids is 1. The highest BCUT2D eigenvalue weighted by Gasteiger charge is 2.25. The fourth-order valence-electron chi connectivity index (χ4n) is 1.67. The molecule has 1 aliphatic rings. The Morgan fingerprint density at radius 2 is 2.00 bits per heavy atom. The molecule has 120 valence electrons. The molecule has 6 nitrogen and oxygen atoms in total. The van der Waals surface area contributed by atoms with Crippen LogP contribution in [0.15, 0.2) is 22.0 Å². The summed E-state index contributed by atoms with van der Waals surface area (Å²) >= 11 is 13.4. The lowest BCUT2D eigenvalue weighted by Crippen LogP contribution is -2.28. The molecule has 1 aliphatic heterocycles. The number of hydrogen-bond donors (Lipinski definition) is 1. The van der Waals surface area contributed by atoms with Gasteiger partial charge in [-0.1, -0.05) is 35.0 Å². The monoisotopic (exact) mass is 381 g/mol. The molecule has 1 amide bonds. The first-order chi connectivity index (χ1) is 10.2. The van der Waals surface area contributed by atoms with Gasteiger partial charge in [0.2, 0.25) is 10.0 Å². The van der Waals surface area contributed by atoms with E-state index in [0.29, 0.717) is 11.7 Å². The highest BCUT2D eigenvalue weighted by atomic mass is 35.5. The van der Waals surface area contributed by atoms with Crippen LogP contribution in [0.3, 0.4) is 0 Å². The van der Waals surface area contributed by atoms with Gasteiger partial charge in [0.1, 0.15) is 4.90 Å². The predicted octanol–water partition coefficient (Wildman–Crippen LogP) is 2.08. The third-order valence-corrected chi connectivity index (χ3v) is 6.31. The van der Waals surface area contributed by atoms with Crippen LogP contribution in [0, 0.1) is 0 Å². The van der Waals surface area contributed by atoms with Crippen molar-refractivity contribution in [2.75, 3.05) is 26.4 Å². The molecule has 2 rings (SSSR count). The van der Waals surface area contributed by atoms with Gasteiger partial charge in [0.25, 0.3) is 5.91 Å². The Kier molecular flexibility index (Phi) is 5.39. The summed E-state index contributed by atoms with van der Waals surface area (Å²) in [4.78, 5) is 16.2. The lowest BCUT2D eigenvalue weighted by atomic mass is 10.2. The molecule has 0 saturated carbocycles. The second kappa shape index (κ2) is 6.76. The van der Waals surface area contributed by atoms with Crippen molar-refractivity contribution in [1.82, 2.24) is 9.62 Å². The molecule has 0 unspecified atom stereocenters. The number of amidine groups is 1. The van der Waals surface area contributed by atoms with Crippen LogP contribution in [0.2, 0.25) is 10.0 Å². The molecule has 1 N–H and O–H groups in total. The predicted molar refractivity (Wildman–Crippen MR) is 89.6 cm³/mol. The summed E-state index contributed by atoms with van der Waals surface area (Å²) in [7, 11) is -1.02. The molecule has 1 heterocycles. The van der Waals surface area contributed by atoms with E-state index in [9.17, 15) is 13.2 Å². The highest BCUT2D eigenvalue weighted by molar-refractivity contribution is 8.14. The zero-order chi connectivity index (χ0) is 16.5. The minimum atomic E-state index is -3.78. The number of halogens is 2. The van der Waals surface area contributed by atoms with Gasteiger partial charge in [-0.3, -0.25) is 9.79 Å². The van der Waals surface area contributed by atoms with Gasteiger partial charge in [0.15, 0.2) is 5.17 Å². The molecule has 0 saturated heterocycles. The van der Waals surface area contributed by atoms with E-state index in [0.717, 1.165) is 10.1 Å². The molecule has 0 bridgehead atoms. The molecule has 0 atom stereocenters. The number of sulfonamides is 1. The summed E-state index contributed by atoms with van der Waals surface area (Å²) in [6.45, 7) is 0.634. The van der Waals surface area contributed by atoms with Gasteiger partial charge in [0.05, 0.1) is 22.2 Å². The number of rotatable bonds is 3. The largest absolute Gasteiger partial charge is 0.301 e. The smallest absolute Gasteiger partial charge is 0.258 e. The van der Waals surface area contributed by atoms with E-state index in [1.165, 1.54) is 38.0 Å². The average molecular weight is 382 g/mol. The normalized spacial score (nSPS) is 15.0. The van der Waals surface area contributed by atoms with Crippen LogP contribution in [0.4, 0.5) is 0 Å². The summed E-state index contributed by atoms with van der Waals surface area (Å²) in [6.07, 6.45) is 0. The molecule has 0 spiro atoms. The lowest BCUT2D eigenvalue weighted by Gasteiger charge is -2.14. The third kappa shape index (κ3) is 3.57. The molecule has 0 fully saturated rings. The van der Waals surface area contributed by atoms with Crippen LogP contribution in [0.5, 0.6) is 0 Å². The second-order valence-electron chi connectivity index (χ2n) is 4.54. The van der Waals surface area contributed by atoms with Crippen LogP contribution in [0.25, 0.3) is 0 Å². The quantitative estimate of drug-likeness (QED) is 0.868. The fourth-order valence-corrected chi connectivity index (χ4v) is 4.12. The highest BCUT2D eigenvalue weighted by Crippen LogP contribution is 2.30. The first kappa shape index (κ1) is 17.6. The molecule has 0 aromatic heterocycles. The fraction of sp³-hybridized carbons (Fsp3) is 0.333. The zero-order valence-electron chi connectivity index (χ0n) is 11.8. The van der Waals surface area contributed by atoms with Crippen molar-refractivity contribution in [1.29, 1.82) is 0 Å². The van der Waals surface area contributed by atoms with E-state index in [2.05, 4.69) is 10.3 Å². The van der Waals surface area contributed by atoms with Gasteiger partial charge >= 0.3 is 0 Å². The third-order valence-electron chi connectivity index (χ3n) is 2.83. The number of nitrogens with zero attached hydrogens (tertiary/aromatic N) is 2. The molecule has 10 heteroatoms. The Balaban J connectivity index is 2.42. The first-order valence-electron chi connectivity index (χ1n) is 6.13. The molecular weight excluding hydrogens is 369 g/mol. The Hall–Kier alpha value is -0.800. The summed E-state index contributed by atoms with van der Waals surface area (Å²) in [5.74, 6) is 0.273. The molecule has 0 radical (unpaired) electrons. The van der Waals surface area contributed by atoms with Gasteiger partial charge in [-0.2, -0.15) is 0 Å². The number of thioether (sulfide) groups is 1. The summed E-state index contributed by atoms with van der Waals surface area (Å²) in [6, 6.07) is 2.42. The molecule has 1 aromatic carbocycles. The van der Waals surface area contributed by atoms with Crippen molar-refractivity contribution in [3.63, 3.8) is 0 Å². The number of nitrogens with one attached hydrogen (secondary N) is 1. The maximum atomic E-state index is 12.2.